The van der Waals surface area contributed by atoms with Gasteiger partial charge in [-0.25, -0.2) is 0 Å². The Bertz CT molecular complexity index is 289. The van der Waals surface area contributed by atoms with Crippen LogP contribution in [0.3, 0.4) is 0 Å². The van der Waals surface area contributed by atoms with E-state index in [4.69, 9.17) is 18.9 Å². The highest BCUT2D eigenvalue weighted by molar-refractivity contribution is 4.97. The van der Waals surface area contributed by atoms with Crippen LogP contribution in [0.5, 0.6) is 0 Å². The summed E-state index contributed by atoms with van der Waals surface area (Å²) in [7, 11) is 0. The summed E-state index contributed by atoms with van der Waals surface area (Å²) in [4.78, 5) is 0. The Morgan fingerprint density at radius 2 is 1.40 bits per heavy atom. The third-order valence-electron chi connectivity index (χ3n) is 2.48. The zero-order chi connectivity index (χ0) is 11.1. The van der Waals surface area contributed by atoms with Gasteiger partial charge < -0.3 is 29.2 Å². The van der Waals surface area contributed by atoms with Gasteiger partial charge in [-0.05, 0) is 13.2 Å². The molecule has 0 aromatic carbocycles. The van der Waals surface area contributed by atoms with Gasteiger partial charge in [-0.15, -0.1) is 0 Å². The molecule has 15 heavy (non-hydrogen) atoms. The summed E-state index contributed by atoms with van der Waals surface area (Å²) < 4.78 is 19.8. The molecular weight excluding hydrogens is 204 g/mol. The molecule has 2 fully saturated rings. The van der Waals surface area contributed by atoms with Gasteiger partial charge in [0.25, 0.3) is 11.9 Å². The number of rotatable bonds is 0. The second-order valence-electron chi connectivity index (χ2n) is 3.60. The molecule has 2 aliphatic rings. The summed E-state index contributed by atoms with van der Waals surface area (Å²) >= 11 is 0. The maximum atomic E-state index is 9.71. The van der Waals surface area contributed by atoms with Crippen molar-refractivity contribution >= 4 is 0 Å². The average Bonchev–Trinajstić information content (AvgIpc) is 2.15. The Balaban J connectivity index is 2.19. The Morgan fingerprint density at radius 3 is 1.87 bits per heavy atom. The zero-order valence-corrected chi connectivity index (χ0v) is 8.06. The molecule has 84 valence electrons. The summed E-state index contributed by atoms with van der Waals surface area (Å²) in [6.45, 7) is 6.76. The molecule has 1 spiro atoms. The Labute approximate surface area is 86.3 Å². The monoisotopic (exact) mass is 216 g/mol. The van der Waals surface area contributed by atoms with Crippen molar-refractivity contribution in [2.45, 2.75) is 5.97 Å². The van der Waals surface area contributed by atoms with Crippen molar-refractivity contribution in [1.82, 2.24) is 0 Å². The molecule has 0 amide bonds. The summed E-state index contributed by atoms with van der Waals surface area (Å²) in [5, 5.41) is 19.4. The van der Waals surface area contributed by atoms with Gasteiger partial charge in [0.15, 0.2) is 5.41 Å². The SMILES string of the molecule is C=C1OCC2(CO1)COC(=C)OC2(O)O. The standard InChI is InChI=1S/C9H12O6/c1-6-12-3-8(4-13-6)5-14-7(2)15-9(8,10)11/h10-11H,1-5H2. The Kier molecular flexibility index (Phi) is 2.06. The van der Waals surface area contributed by atoms with E-state index in [2.05, 4.69) is 13.2 Å². The van der Waals surface area contributed by atoms with Crippen LogP contribution in [0, 0.1) is 5.41 Å². The van der Waals surface area contributed by atoms with Gasteiger partial charge in [-0.3, -0.25) is 0 Å². The van der Waals surface area contributed by atoms with Crippen LogP contribution in [-0.4, -0.2) is 36.0 Å². The molecule has 0 bridgehead atoms. The predicted molar refractivity (Wildman–Crippen MR) is 46.8 cm³/mol. The van der Waals surface area contributed by atoms with Crippen LogP contribution in [0.15, 0.2) is 25.0 Å². The topological polar surface area (TPSA) is 77.4 Å². The lowest BCUT2D eigenvalue weighted by Gasteiger charge is -2.46. The van der Waals surface area contributed by atoms with Crippen LogP contribution in [0.2, 0.25) is 0 Å². The summed E-state index contributed by atoms with van der Waals surface area (Å²) in [6.07, 6.45) is 0. The lowest BCUT2D eigenvalue weighted by Crippen LogP contribution is -2.61. The minimum atomic E-state index is -2.41. The van der Waals surface area contributed by atoms with Gasteiger partial charge in [-0.2, -0.15) is 0 Å². The first kappa shape index (κ1) is 10.1. The van der Waals surface area contributed by atoms with Crippen molar-refractivity contribution in [2.24, 2.45) is 5.41 Å². The first-order chi connectivity index (χ1) is 6.95. The molecule has 0 aliphatic carbocycles. The lowest BCUT2D eigenvalue weighted by atomic mass is 9.86. The Hall–Kier alpha value is -1.40. The molecule has 2 saturated heterocycles. The van der Waals surface area contributed by atoms with Gasteiger partial charge >= 0.3 is 5.97 Å². The van der Waals surface area contributed by atoms with Crippen molar-refractivity contribution in [1.29, 1.82) is 0 Å². The molecule has 2 N–H and O–H groups in total. The normalized spacial score (nSPS) is 27.3. The lowest BCUT2D eigenvalue weighted by molar-refractivity contribution is -0.437. The second-order valence-corrected chi connectivity index (χ2v) is 3.60. The van der Waals surface area contributed by atoms with Crippen LogP contribution < -0.4 is 0 Å². The maximum Gasteiger partial charge on any atom is 0.340 e. The van der Waals surface area contributed by atoms with Crippen LogP contribution >= 0.6 is 0 Å². The summed E-state index contributed by atoms with van der Waals surface area (Å²) in [5.74, 6) is -2.42. The first-order valence-electron chi connectivity index (χ1n) is 4.35. The Morgan fingerprint density at radius 1 is 0.933 bits per heavy atom. The minimum absolute atomic E-state index is 0.00782. The van der Waals surface area contributed by atoms with Gasteiger partial charge in [0.2, 0.25) is 0 Å². The number of hydrogen-bond acceptors (Lipinski definition) is 6. The number of hydrogen-bond donors (Lipinski definition) is 2. The maximum absolute atomic E-state index is 9.71. The summed E-state index contributed by atoms with van der Waals surface area (Å²) in [6, 6.07) is 0. The molecule has 0 atom stereocenters. The highest BCUT2D eigenvalue weighted by Crippen LogP contribution is 2.41. The fraction of sp³-hybridized carbons (Fsp3) is 0.556. The van der Waals surface area contributed by atoms with Crippen molar-refractivity contribution < 1.29 is 29.2 Å². The van der Waals surface area contributed by atoms with Gasteiger partial charge in [-0.1, -0.05) is 0 Å². The molecule has 2 rings (SSSR count). The van der Waals surface area contributed by atoms with E-state index in [-0.39, 0.29) is 31.7 Å². The predicted octanol–water partition coefficient (Wildman–Crippen LogP) is -0.353. The molecule has 0 aromatic rings. The fourth-order valence-corrected chi connectivity index (χ4v) is 1.40. The van der Waals surface area contributed by atoms with E-state index >= 15 is 0 Å². The van der Waals surface area contributed by atoms with E-state index in [1.807, 2.05) is 0 Å². The largest absolute Gasteiger partial charge is 0.465 e. The highest BCUT2D eigenvalue weighted by atomic mass is 16.8. The van der Waals surface area contributed by atoms with Crippen LogP contribution in [0.25, 0.3) is 0 Å². The number of aliphatic hydroxyl groups is 2. The summed E-state index contributed by atoms with van der Waals surface area (Å²) in [5.41, 5.74) is -1.19. The molecular formula is C9H12O6. The highest BCUT2D eigenvalue weighted by Gasteiger charge is 2.59. The smallest absolute Gasteiger partial charge is 0.340 e. The molecule has 0 aromatic heterocycles. The molecule has 6 heteroatoms. The zero-order valence-electron chi connectivity index (χ0n) is 8.06. The van der Waals surface area contributed by atoms with E-state index in [1.54, 1.807) is 0 Å². The number of ether oxygens (including phenoxy) is 4. The molecule has 0 saturated carbocycles. The van der Waals surface area contributed by atoms with E-state index in [0.29, 0.717) is 0 Å². The quantitative estimate of drug-likeness (QED) is 0.539. The van der Waals surface area contributed by atoms with Crippen molar-refractivity contribution in [3.8, 4) is 0 Å². The molecule has 2 aliphatic heterocycles. The fourth-order valence-electron chi connectivity index (χ4n) is 1.40. The van der Waals surface area contributed by atoms with Crippen molar-refractivity contribution in [3.05, 3.63) is 25.0 Å². The molecule has 0 radical (unpaired) electrons. The molecule has 6 nitrogen and oxygen atoms in total. The van der Waals surface area contributed by atoms with E-state index < -0.39 is 11.4 Å². The second kappa shape index (κ2) is 3.04. The average molecular weight is 216 g/mol. The minimum Gasteiger partial charge on any atom is -0.465 e. The third kappa shape index (κ3) is 1.51. The van der Waals surface area contributed by atoms with Crippen LogP contribution in [0.4, 0.5) is 0 Å². The van der Waals surface area contributed by atoms with Gasteiger partial charge in [0.1, 0.15) is 19.8 Å². The molecule has 0 unspecified atom stereocenters. The van der Waals surface area contributed by atoms with E-state index in [1.165, 1.54) is 0 Å². The van der Waals surface area contributed by atoms with Crippen LogP contribution in [0.1, 0.15) is 0 Å². The van der Waals surface area contributed by atoms with Gasteiger partial charge in [0, 0.05) is 0 Å². The third-order valence-corrected chi connectivity index (χ3v) is 2.48. The molecule has 2 heterocycles. The van der Waals surface area contributed by atoms with Crippen molar-refractivity contribution in [2.75, 3.05) is 19.8 Å². The van der Waals surface area contributed by atoms with E-state index in [9.17, 15) is 10.2 Å². The first-order valence-corrected chi connectivity index (χ1v) is 4.35. The van der Waals surface area contributed by atoms with E-state index in [0.717, 1.165) is 0 Å². The van der Waals surface area contributed by atoms with Gasteiger partial charge in [0.05, 0.1) is 0 Å². The van der Waals surface area contributed by atoms with Crippen LogP contribution in [-0.2, 0) is 18.9 Å². The van der Waals surface area contributed by atoms with Crippen molar-refractivity contribution in [3.63, 3.8) is 0 Å².